The van der Waals surface area contributed by atoms with E-state index in [1.807, 2.05) is 43.3 Å². The highest BCUT2D eigenvalue weighted by Crippen LogP contribution is 2.14. The number of nitrogens with zero attached hydrogens (tertiary/aromatic N) is 2. The van der Waals surface area contributed by atoms with Gasteiger partial charge in [-0.2, -0.15) is 0 Å². The summed E-state index contributed by atoms with van der Waals surface area (Å²) in [7, 11) is 5.72. The number of hydrogen-bond acceptors (Lipinski definition) is 3. The SMILES string of the molecule is CC(=O)c1c[nH]c(C(=O)N(C)Cc2ccc(N(C)C)cc2)c1. The molecule has 0 unspecified atom stereocenters. The van der Waals surface area contributed by atoms with Gasteiger partial charge in [0.2, 0.25) is 0 Å². The molecule has 1 aromatic carbocycles. The van der Waals surface area contributed by atoms with Crippen molar-refractivity contribution in [3.05, 3.63) is 53.3 Å². The molecule has 0 saturated heterocycles. The highest BCUT2D eigenvalue weighted by molar-refractivity contribution is 5.98. The highest BCUT2D eigenvalue weighted by atomic mass is 16.2. The van der Waals surface area contributed by atoms with Crippen LogP contribution in [0.4, 0.5) is 5.69 Å². The Morgan fingerprint density at radius 3 is 2.23 bits per heavy atom. The topological polar surface area (TPSA) is 56.4 Å². The standard InChI is InChI=1S/C17H21N3O2/c1-12(21)14-9-16(18-10-14)17(22)20(4)11-13-5-7-15(8-6-13)19(2)3/h5-10,18H,11H2,1-4H3. The monoisotopic (exact) mass is 299 g/mol. The molecule has 1 aromatic heterocycles. The van der Waals surface area contributed by atoms with Crippen LogP contribution >= 0.6 is 0 Å². The number of ketones is 1. The Hall–Kier alpha value is -2.56. The first kappa shape index (κ1) is 15.8. The second-order valence-corrected chi connectivity index (χ2v) is 5.58. The molecule has 0 atom stereocenters. The molecule has 2 aromatic rings. The largest absolute Gasteiger partial charge is 0.378 e. The molecule has 1 heterocycles. The van der Waals surface area contributed by atoms with Crippen molar-refractivity contribution in [3.8, 4) is 0 Å². The van der Waals surface area contributed by atoms with E-state index in [0.29, 0.717) is 17.8 Å². The normalized spacial score (nSPS) is 10.4. The third kappa shape index (κ3) is 3.55. The van der Waals surface area contributed by atoms with Gasteiger partial charge in [0.1, 0.15) is 5.69 Å². The Morgan fingerprint density at radius 1 is 1.09 bits per heavy atom. The predicted molar refractivity (Wildman–Crippen MR) is 87.4 cm³/mol. The summed E-state index contributed by atoms with van der Waals surface area (Å²) in [5.41, 5.74) is 3.12. The van der Waals surface area contributed by atoms with E-state index in [1.165, 1.54) is 6.92 Å². The van der Waals surface area contributed by atoms with Crippen molar-refractivity contribution in [3.63, 3.8) is 0 Å². The molecule has 2 rings (SSSR count). The zero-order chi connectivity index (χ0) is 16.3. The Labute approximate surface area is 130 Å². The zero-order valence-corrected chi connectivity index (χ0v) is 13.4. The first-order chi connectivity index (χ1) is 10.4. The number of Topliss-reactive ketones (excluding diaryl/α,β-unsaturated/α-hetero) is 1. The van der Waals surface area contributed by atoms with Gasteiger partial charge in [0.05, 0.1) is 0 Å². The van der Waals surface area contributed by atoms with Crippen LogP contribution in [0.25, 0.3) is 0 Å². The highest BCUT2D eigenvalue weighted by Gasteiger charge is 2.15. The van der Waals surface area contributed by atoms with Crippen LogP contribution in [0.1, 0.15) is 33.3 Å². The molecule has 1 N–H and O–H groups in total. The number of carbonyl (C=O) groups excluding carboxylic acids is 2. The molecule has 0 saturated carbocycles. The van der Waals surface area contributed by atoms with Crippen LogP contribution in [-0.4, -0.2) is 42.7 Å². The lowest BCUT2D eigenvalue weighted by Crippen LogP contribution is -2.26. The number of amides is 1. The molecule has 0 spiro atoms. The number of hydrogen-bond donors (Lipinski definition) is 1. The molecule has 1 amide bonds. The summed E-state index contributed by atoms with van der Waals surface area (Å²) in [6.07, 6.45) is 1.56. The van der Waals surface area contributed by atoms with Crippen molar-refractivity contribution in [2.45, 2.75) is 13.5 Å². The van der Waals surface area contributed by atoms with Crippen LogP contribution in [0.2, 0.25) is 0 Å². The van der Waals surface area contributed by atoms with Crippen molar-refractivity contribution in [1.29, 1.82) is 0 Å². The molecule has 116 valence electrons. The predicted octanol–water partition coefficient (Wildman–Crippen LogP) is 2.56. The maximum Gasteiger partial charge on any atom is 0.270 e. The molecule has 0 bridgehead atoms. The van der Waals surface area contributed by atoms with Crippen molar-refractivity contribution in [2.24, 2.45) is 0 Å². The van der Waals surface area contributed by atoms with Gasteiger partial charge in [0.25, 0.3) is 5.91 Å². The fourth-order valence-electron chi connectivity index (χ4n) is 2.17. The molecule has 0 aliphatic heterocycles. The van der Waals surface area contributed by atoms with E-state index in [4.69, 9.17) is 0 Å². The van der Waals surface area contributed by atoms with E-state index in [0.717, 1.165) is 11.3 Å². The minimum absolute atomic E-state index is 0.0581. The minimum atomic E-state index is -0.135. The fraction of sp³-hybridized carbons (Fsp3) is 0.294. The number of rotatable bonds is 5. The van der Waals surface area contributed by atoms with E-state index in [9.17, 15) is 9.59 Å². The van der Waals surface area contributed by atoms with Gasteiger partial charge in [-0.25, -0.2) is 0 Å². The van der Waals surface area contributed by atoms with Crippen molar-refractivity contribution in [1.82, 2.24) is 9.88 Å². The van der Waals surface area contributed by atoms with Crippen LogP contribution < -0.4 is 4.90 Å². The Bertz CT molecular complexity index is 671. The number of benzene rings is 1. The van der Waals surface area contributed by atoms with Crippen LogP contribution in [0.15, 0.2) is 36.5 Å². The number of nitrogens with one attached hydrogen (secondary N) is 1. The van der Waals surface area contributed by atoms with Gasteiger partial charge in [-0.05, 0) is 30.7 Å². The van der Waals surface area contributed by atoms with Crippen LogP contribution in [0.3, 0.4) is 0 Å². The van der Waals surface area contributed by atoms with Crippen LogP contribution in [0.5, 0.6) is 0 Å². The van der Waals surface area contributed by atoms with Crippen molar-refractivity contribution < 1.29 is 9.59 Å². The molecular weight excluding hydrogens is 278 g/mol. The van der Waals surface area contributed by atoms with Gasteiger partial charge in [-0.15, -0.1) is 0 Å². The number of anilines is 1. The van der Waals surface area contributed by atoms with Gasteiger partial charge < -0.3 is 14.8 Å². The van der Waals surface area contributed by atoms with E-state index >= 15 is 0 Å². The summed E-state index contributed by atoms with van der Waals surface area (Å²) >= 11 is 0. The van der Waals surface area contributed by atoms with Crippen molar-refractivity contribution >= 4 is 17.4 Å². The lowest BCUT2D eigenvalue weighted by atomic mass is 10.2. The van der Waals surface area contributed by atoms with E-state index < -0.39 is 0 Å². The summed E-state index contributed by atoms with van der Waals surface area (Å²) in [6, 6.07) is 9.66. The third-order valence-electron chi connectivity index (χ3n) is 3.54. The van der Waals surface area contributed by atoms with Crippen LogP contribution in [0, 0.1) is 0 Å². The first-order valence-electron chi connectivity index (χ1n) is 7.09. The van der Waals surface area contributed by atoms with E-state index in [1.54, 1.807) is 24.2 Å². The molecule has 22 heavy (non-hydrogen) atoms. The second kappa shape index (κ2) is 6.47. The number of aromatic nitrogens is 1. The third-order valence-corrected chi connectivity index (χ3v) is 3.54. The quantitative estimate of drug-likeness (QED) is 0.863. The molecule has 0 aliphatic rings. The maximum absolute atomic E-state index is 12.3. The average molecular weight is 299 g/mol. The molecule has 0 aliphatic carbocycles. The molecule has 0 fully saturated rings. The summed E-state index contributed by atoms with van der Waals surface area (Å²) in [5.74, 6) is -0.193. The zero-order valence-electron chi connectivity index (χ0n) is 13.4. The van der Waals surface area contributed by atoms with Gasteiger partial charge in [-0.3, -0.25) is 9.59 Å². The van der Waals surface area contributed by atoms with Crippen LogP contribution in [-0.2, 0) is 6.54 Å². The van der Waals surface area contributed by atoms with E-state index in [-0.39, 0.29) is 11.7 Å². The molecule has 0 radical (unpaired) electrons. The summed E-state index contributed by atoms with van der Waals surface area (Å²) < 4.78 is 0. The van der Waals surface area contributed by atoms with Gasteiger partial charge >= 0.3 is 0 Å². The minimum Gasteiger partial charge on any atom is -0.378 e. The maximum atomic E-state index is 12.3. The Morgan fingerprint density at radius 2 is 1.73 bits per heavy atom. The number of aromatic amines is 1. The Balaban J connectivity index is 2.05. The smallest absolute Gasteiger partial charge is 0.270 e. The summed E-state index contributed by atoms with van der Waals surface area (Å²) in [4.78, 5) is 30.1. The first-order valence-corrected chi connectivity index (χ1v) is 7.09. The Kier molecular flexibility index (Phi) is 4.65. The lowest BCUT2D eigenvalue weighted by Gasteiger charge is -2.18. The average Bonchev–Trinajstić information content (AvgIpc) is 2.97. The number of carbonyl (C=O) groups is 2. The number of H-pyrrole nitrogens is 1. The van der Waals surface area contributed by atoms with Gasteiger partial charge in [-0.1, -0.05) is 12.1 Å². The summed E-state index contributed by atoms with van der Waals surface area (Å²) in [6.45, 7) is 1.99. The fourth-order valence-corrected chi connectivity index (χ4v) is 2.17. The van der Waals surface area contributed by atoms with Gasteiger partial charge in [0.15, 0.2) is 5.78 Å². The molecule has 5 heteroatoms. The van der Waals surface area contributed by atoms with Gasteiger partial charge in [0, 0.05) is 45.1 Å². The van der Waals surface area contributed by atoms with Crippen molar-refractivity contribution in [2.75, 3.05) is 26.0 Å². The molecule has 5 nitrogen and oxygen atoms in total. The summed E-state index contributed by atoms with van der Waals surface area (Å²) in [5, 5.41) is 0. The molecular formula is C17H21N3O2. The van der Waals surface area contributed by atoms with E-state index in [2.05, 4.69) is 4.98 Å². The second-order valence-electron chi connectivity index (χ2n) is 5.58. The lowest BCUT2D eigenvalue weighted by molar-refractivity contribution is 0.0780.